The molecule has 0 unspecified atom stereocenters. The van der Waals surface area contributed by atoms with Crippen molar-refractivity contribution < 1.29 is 9.32 Å². The average Bonchev–Trinajstić information content (AvgIpc) is 3.30. The monoisotopic (exact) mass is 359 g/mol. The van der Waals surface area contributed by atoms with Crippen molar-refractivity contribution in [1.82, 2.24) is 15.0 Å². The summed E-state index contributed by atoms with van der Waals surface area (Å²) < 4.78 is 5.38. The predicted octanol–water partition coefficient (Wildman–Crippen LogP) is 3.97. The van der Waals surface area contributed by atoms with Crippen molar-refractivity contribution in [2.24, 2.45) is 0 Å². The third kappa shape index (κ3) is 3.07. The molecule has 1 aliphatic rings. The van der Waals surface area contributed by atoms with Crippen molar-refractivity contribution in [2.45, 2.75) is 18.9 Å². The number of carbonyl (C=O) groups excluding carboxylic acids is 1. The average molecular weight is 360 g/mol. The Bertz CT molecular complexity index is 845. The van der Waals surface area contributed by atoms with Gasteiger partial charge >= 0.3 is 0 Å². The molecule has 1 atom stereocenters. The molecule has 0 aliphatic carbocycles. The number of nitrogens with zero attached hydrogens (tertiary/aromatic N) is 3. The van der Waals surface area contributed by atoms with Crippen LogP contribution in [0.2, 0.25) is 5.02 Å². The molecule has 5 nitrogen and oxygen atoms in total. The highest BCUT2D eigenvalue weighted by molar-refractivity contribution is 7.13. The molecule has 0 radical (unpaired) electrons. The molecule has 0 bridgehead atoms. The van der Waals surface area contributed by atoms with E-state index in [2.05, 4.69) is 10.1 Å². The number of likely N-dealkylation sites (tertiary alicyclic amines) is 1. The summed E-state index contributed by atoms with van der Waals surface area (Å²) in [7, 11) is 0. The number of thiophene rings is 1. The van der Waals surface area contributed by atoms with Gasteiger partial charge in [0.05, 0.1) is 10.8 Å². The second-order valence-corrected chi connectivity index (χ2v) is 7.12. The summed E-state index contributed by atoms with van der Waals surface area (Å²) in [5.74, 6) is 1.17. The van der Waals surface area contributed by atoms with Gasteiger partial charge < -0.3 is 9.42 Å². The van der Waals surface area contributed by atoms with Gasteiger partial charge in [0.2, 0.25) is 17.6 Å². The minimum Gasteiger partial charge on any atom is -0.339 e. The number of carbonyl (C=O) groups is 1. The molecule has 1 saturated heterocycles. The van der Waals surface area contributed by atoms with Crippen LogP contribution in [0.1, 0.15) is 23.8 Å². The van der Waals surface area contributed by atoms with Gasteiger partial charge in [0.15, 0.2) is 0 Å². The first-order valence-corrected chi connectivity index (χ1v) is 8.84. The molecule has 0 N–H and O–H groups in total. The van der Waals surface area contributed by atoms with Gasteiger partial charge in [0.25, 0.3) is 0 Å². The summed E-state index contributed by atoms with van der Waals surface area (Å²) in [5, 5.41) is 6.69. The fourth-order valence-corrected chi connectivity index (χ4v) is 3.58. The first kappa shape index (κ1) is 15.4. The van der Waals surface area contributed by atoms with Gasteiger partial charge in [-0.05, 0) is 29.1 Å². The second-order valence-electron chi connectivity index (χ2n) is 5.74. The highest BCUT2D eigenvalue weighted by Crippen LogP contribution is 2.30. The van der Waals surface area contributed by atoms with Crippen molar-refractivity contribution in [2.75, 3.05) is 6.54 Å². The van der Waals surface area contributed by atoms with E-state index in [1.807, 2.05) is 46.7 Å². The lowest BCUT2D eigenvalue weighted by molar-refractivity contribution is -0.128. The van der Waals surface area contributed by atoms with E-state index in [-0.39, 0.29) is 11.8 Å². The van der Waals surface area contributed by atoms with Crippen LogP contribution < -0.4 is 0 Å². The van der Waals surface area contributed by atoms with Crippen molar-refractivity contribution in [3.8, 4) is 10.7 Å². The number of amides is 1. The first-order valence-electron chi connectivity index (χ1n) is 7.59. The number of halogens is 1. The lowest BCUT2D eigenvalue weighted by Crippen LogP contribution is -2.24. The zero-order chi connectivity index (χ0) is 16.5. The van der Waals surface area contributed by atoms with E-state index in [1.54, 1.807) is 11.3 Å². The predicted molar refractivity (Wildman–Crippen MR) is 91.8 cm³/mol. The smallest absolute Gasteiger partial charge is 0.232 e. The lowest BCUT2D eigenvalue weighted by atomic mass is 10.1. The molecule has 0 spiro atoms. The Morgan fingerprint density at radius 1 is 1.29 bits per heavy atom. The summed E-state index contributed by atoms with van der Waals surface area (Å²) in [4.78, 5) is 19.5. The van der Waals surface area contributed by atoms with E-state index in [0.717, 1.165) is 10.4 Å². The maximum absolute atomic E-state index is 12.3. The summed E-state index contributed by atoms with van der Waals surface area (Å²) in [6.07, 6.45) is 0.402. The molecule has 3 aromatic rings. The Balaban J connectivity index is 1.47. The van der Waals surface area contributed by atoms with Crippen LogP contribution in [0.4, 0.5) is 0 Å². The third-order valence-corrected chi connectivity index (χ3v) is 5.15. The maximum Gasteiger partial charge on any atom is 0.232 e. The molecule has 0 saturated carbocycles. The number of hydrogen-bond acceptors (Lipinski definition) is 5. The largest absolute Gasteiger partial charge is 0.339 e. The molecule has 3 heterocycles. The van der Waals surface area contributed by atoms with E-state index in [0.29, 0.717) is 36.2 Å². The summed E-state index contributed by atoms with van der Waals surface area (Å²) in [6, 6.07) is 11.4. The van der Waals surface area contributed by atoms with E-state index in [4.69, 9.17) is 16.1 Å². The number of rotatable bonds is 4. The molecule has 1 aromatic carbocycles. The zero-order valence-corrected chi connectivity index (χ0v) is 14.3. The van der Waals surface area contributed by atoms with Crippen LogP contribution in [0.15, 0.2) is 46.3 Å². The number of hydrogen-bond donors (Lipinski definition) is 0. The Labute approximate surface area is 147 Å². The Kier molecular flexibility index (Phi) is 4.08. The van der Waals surface area contributed by atoms with Gasteiger partial charge in [-0.2, -0.15) is 4.98 Å². The number of benzene rings is 1. The maximum atomic E-state index is 12.3. The van der Waals surface area contributed by atoms with Crippen molar-refractivity contribution >= 4 is 28.8 Å². The second kappa shape index (κ2) is 6.37. The van der Waals surface area contributed by atoms with E-state index in [9.17, 15) is 4.79 Å². The highest BCUT2D eigenvalue weighted by atomic mass is 35.5. The van der Waals surface area contributed by atoms with Crippen molar-refractivity contribution in [1.29, 1.82) is 0 Å². The van der Waals surface area contributed by atoms with Crippen molar-refractivity contribution in [3.05, 3.63) is 58.3 Å². The minimum absolute atomic E-state index is 0.0500. The molecular formula is C17H14ClN3O2S. The van der Waals surface area contributed by atoms with Gasteiger partial charge in [0, 0.05) is 24.5 Å². The Morgan fingerprint density at radius 2 is 2.12 bits per heavy atom. The summed E-state index contributed by atoms with van der Waals surface area (Å²) in [5.41, 5.74) is 1.05. The third-order valence-electron chi connectivity index (χ3n) is 4.03. The van der Waals surface area contributed by atoms with Crippen LogP contribution >= 0.6 is 22.9 Å². The van der Waals surface area contributed by atoms with Gasteiger partial charge in [-0.3, -0.25) is 4.79 Å². The molecule has 122 valence electrons. The molecule has 1 fully saturated rings. The highest BCUT2D eigenvalue weighted by Gasteiger charge is 2.34. The van der Waals surface area contributed by atoms with Crippen LogP contribution in [-0.2, 0) is 11.3 Å². The molecule has 24 heavy (non-hydrogen) atoms. The first-order chi connectivity index (χ1) is 11.7. The van der Waals surface area contributed by atoms with Gasteiger partial charge in [-0.15, -0.1) is 11.3 Å². The van der Waals surface area contributed by atoms with Crippen LogP contribution in [-0.4, -0.2) is 27.5 Å². The van der Waals surface area contributed by atoms with Crippen LogP contribution in [0.25, 0.3) is 10.7 Å². The molecule has 1 aliphatic heterocycles. The molecule has 4 rings (SSSR count). The summed E-state index contributed by atoms with van der Waals surface area (Å²) in [6.45, 7) is 1.16. The minimum atomic E-state index is -0.0500. The zero-order valence-electron chi connectivity index (χ0n) is 12.7. The van der Waals surface area contributed by atoms with E-state index >= 15 is 0 Å². The topological polar surface area (TPSA) is 59.2 Å². The Morgan fingerprint density at radius 3 is 2.88 bits per heavy atom. The fraction of sp³-hybridized carbons (Fsp3) is 0.235. The molecular weight excluding hydrogens is 346 g/mol. The van der Waals surface area contributed by atoms with Gasteiger partial charge in [-0.25, -0.2) is 0 Å². The SMILES string of the molecule is O=C1C[C@@H](c2nc(-c3cccs3)no2)CN1Cc1ccc(Cl)cc1. The molecule has 1 amide bonds. The Hall–Kier alpha value is -2.18. The van der Waals surface area contributed by atoms with Crippen molar-refractivity contribution in [3.63, 3.8) is 0 Å². The van der Waals surface area contributed by atoms with E-state index < -0.39 is 0 Å². The van der Waals surface area contributed by atoms with Crippen LogP contribution in [0, 0.1) is 0 Å². The van der Waals surface area contributed by atoms with E-state index in [1.165, 1.54) is 0 Å². The quantitative estimate of drug-likeness (QED) is 0.707. The van der Waals surface area contributed by atoms with Crippen LogP contribution in [0.3, 0.4) is 0 Å². The fourth-order valence-electron chi connectivity index (χ4n) is 2.81. The normalized spacial score (nSPS) is 17.6. The van der Waals surface area contributed by atoms with Crippen LogP contribution in [0.5, 0.6) is 0 Å². The molecule has 7 heteroatoms. The van der Waals surface area contributed by atoms with Gasteiger partial charge in [0.1, 0.15) is 0 Å². The lowest BCUT2D eigenvalue weighted by Gasteiger charge is -2.16. The summed E-state index contributed by atoms with van der Waals surface area (Å²) >= 11 is 7.46. The molecule has 2 aromatic heterocycles. The van der Waals surface area contributed by atoms with Gasteiger partial charge in [-0.1, -0.05) is 35.0 Å². The standard InChI is InChI=1S/C17H14ClN3O2S/c18-13-5-3-11(4-6-13)9-21-10-12(8-15(21)22)17-19-16(20-23-17)14-2-1-7-24-14/h1-7,12H,8-10H2/t12-/m1/s1. The number of aromatic nitrogens is 2.